The standard InChI is InChI=1S/C15H11NO3/c1-18-14-4-2-3-11(8-17)15(14)10-5-6-13-12(7-10)16-9-19-13/h2-9H,1H3. The van der Waals surface area contributed by atoms with Crippen LogP contribution in [0.2, 0.25) is 0 Å². The Labute approximate surface area is 109 Å². The fourth-order valence-corrected chi connectivity index (χ4v) is 2.14. The van der Waals surface area contributed by atoms with Crippen molar-refractivity contribution in [2.45, 2.75) is 0 Å². The fraction of sp³-hybridized carbons (Fsp3) is 0.0667. The largest absolute Gasteiger partial charge is 0.496 e. The van der Waals surface area contributed by atoms with Crippen molar-refractivity contribution in [3.8, 4) is 16.9 Å². The Morgan fingerprint density at radius 3 is 2.95 bits per heavy atom. The maximum absolute atomic E-state index is 11.2. The Morgan fingerprint density at radius 1 is 1.26 bits per heavy atom. The molecule has 0 fully saturated rings. The van der Waals surface area contributed by atoms with E-state index in [2.05, 4.69) is 4.98 Å². The molecule has 0 N–H and O–H groups in total. The number of oxazole rings is 1. The molecule has 3 aromatic rings. The molecule has 0 radical (unpaired) electrons. The summed E-state index contributed by atoms with van der Waals surface area (Å²) in [6, 6.07) is 11.0. The van der Waals surface area contributed by atoms with Gasteiger partial charge in [-0.15, -0.1) is 0 Å². The van der Waals surface area contributed by atoms with Gasteiger partial charge in [0.25, 0.3) is 0 Å². The SMILES string of the molecule is COc1cccc(C=O)c1-c1ccc2ocnc2c1. The topological polar surface area (TPSA) is 52.3 Å². The third-order valence-corrected chi connectivity index (χ3v) is 3.02. The molecule has 19 heavy (non-hydrogen) atoms. The molecule has 0 amide bonds. The number of aromatic nitrogens is 1. The van der Waals surface area contributed by atoms with Crippen molar-refractivity contribution >= 4 is 17.4 Å². The second-order valence-electron chi connectivity index (χ2n) is 4.08. The molecule has 0 bridgehead atoms. The zero-order valence-corrected chi connectivity index (χ0v) is 10.3. The number of methoxy groups -OCH3 is 1. The maximum atomic E-state index is 11.2. The molecule has 0 aliphatic rings. The van der Waals surface area contributed by atoms with E-state index in [9.17, 15) is 4.79 Å². The predicted molar refractivity (Wildman–Crippen MR) is 71.4 cm³/mol. The summed E-state index contributed by atoms with van der Waals surface area (Å²) in [7, 11) is 1.59. The van der Waals surface area contributed by atoms with Gasteiger partial charge < -0.3 is 9.15 Å². The van der Waals surface area contributed by atoms with Gasteiger partial charge in [-0.2, -0.15) is 0 Å². The first-order chi connectivity index (χ1) is 9.33. The maximum Gasteiger partial charge on any atom is 0.181 e. The summed E-state index contributed by atoms with van der Waals surface area (Å²) in [6.45, 7) is 0. The molecular formula is C15H11NO3. The van der Waals surface area contributed by atoms with Crippen LogP contribution in [0.4, 0.5) is 0 Å². The third kappa shape index (κ3) is 1.87. The Balaban J connectivity index is 2.27. The van der Waals surface area contributed by atoms with Gasteiger partial charge in [-0.3, -0.25) is 4.79 Å². The van der Waals surface area contributed by atoms with Crippen molar-refractivity contribution in [2.75, 3.05) is 7.11 Å². The van der Waals surface area contributed by atoms with Crippen molar-refractivity contribution in [3.05, 3.63) is 48.4 Å². The molecule has 0 aliphatic carbocycles. The number of nitrogens with zero attached hydrogens (tertiary/aromatic N) is 1. The Morgan fingerprint density at radius 2 is 2.16 bits per heavy atom. The summed E-state index contributed by atoms with van der Waals surface area (Å²) < 4.78 is 10.5. The average molecular weight is 253 g/mol. The lowest BCUT2D eigenvalue weighted by atomic mass is 9.99. The predicted octanol–water partition coefficient (Wildman–Crippen LogP) is 3.32. The molecule has 4 heteroatoms. The number of fused-ring (bicyclic) bond motifs is 1. The lowest BCUT2D eigenvalue weighted by Gasteiger charge is -2.10. The lowest BCUT2D eigenvalue weighted by molar-refractivity contribution is 0.112. The summed E-state index contributed by atoms with van der Waals surface area (Å²) in [6.07, 6.45) is 2.22. The van der Waals surface area contributed by atoms with Gasteiger partial charge in [0.2, 0.25) is 0 Å². The van der Waals surface area contributed by atoms with Crippen LogP contribution in [0, 0.1) is 0 Å². The van der Waals surface area contributed by atoms with E-state index in [1.165, 1.54) is 6.39 Å². The van der Waals surface area contributed by atoms with E-state index in [1.807, 2.05) is 24.3 Å². The number of benzene rings is 2. The second-order valence-corrected chi connectivity index (χ2v) is 4.08. The summed E-state index contributed by atoms with van der Waals surface area (Å²) in [4.78, 5) is 15.3. The van der Waals surface area contributed by atoms with Gasteiger partial charge >= 0.3 is 0 Å². The number of rotatable bonds is 3. The van der Waals surface area contributed by atoms with Crippen LogP contribution in [0.15, 0.2) is 47.2 Å². The monoisotopic (exact) mass is 253 g/mol. The molecule has 1 heterocycles. The van der Waals surface area contributed by atoms with E-state index in [0.717, 1.165) is 22.9 Å². The van der Waals surface area contributed by atoms with Gasteiger partial charge in [-0.25, -0.2) is 4.98 Å². The van der Waals surface area contributed by atoms with Crippen LogP contribution in [-0.4, -0.2) is 18.4 Å². The van der Waals surface area contributed by atoms with Gasteiger partial charge in [0.15, 0.2) is 18.3 Å². The van der Waals surface area contributed by atoms with E-state index in [-0.39, 0.29) is 0 Å². The van der Waals surface area contributed by atoms with Crippen LogP contribution in [0.3, 0.4) is 0 Å². The highest BCUT2D eigenvalue weighted by Gasteiger charge is 2.12. The van der Waals surface area contributed by atoms with Crippen LogP contribution in [-0.2, 0) is 0 Å². The summed E-state index contributed by atoms with van der Waals surface area (Å²) >= 11 is 0. The molecule has 0 spiro atoms. The molecule has 3 rings (SSSR count). The minimum absolute atomic E-state index is 0.585. The second kappa shape index (κ2) is 4.57. The van der Waals surface area contributed by atoms with Gasteiger partial charge in [-0.1, -0.05) is 18.2 Å². The van der Waals surface area contributed by atoms with E-state index in [1.54, 1.807) is 19.2 Å². The zero-order valence-electron chi connectivity index (χ0n) is 10.3. The molecule has 2 aromatic carbocycles. The summed E-state index contributed by atoms with van der Waals surface area (Å²) in [5, 5.41) is 0. The molecule has 0 saturated heterocycles. The molecule has 94 valence electrons. The smallest absolute Gasteiger partial charge is 0.181 e. The average Bonchev–Trinajstić information content (AvgIpc) is 2.93. The number of carbonyl (C=O) groups excluding carboxylic acids is 1. The highest BCUT2D eigenvalue weighted by molar-refractivity contribution is 5.92. The van der Waals surface area contributed by atoms with Crippen molar-refractivity contribution in [1.82, 2.24) is 4.98 Å². The Bertz CT molecular complexity index is 746. The minimum atomic E-state index is 0.585. The number of hydrogen-bond acceptors (Lipinski definition) is 4. The molecule has 1 aromatic heterocycles. The van der Waals surface area contributed by atoms with Crippen LogP contribution in [0.5, 0.6) is 5.75 Å². The number of ether oxygens (including phenoxy) is 1. The van der Waals surface area contributed by atoms with E-state index in [0.29, 0.717) is 16.9 Å². The number of aldehydes is 1. The molecule has 0 saturated carbocycles. The first-order valence-corrected chi connectivity index (χ1v) is 5.79. The van der Waals surface area contributed by atoms with Crippen LogP contribution >= 0.6 is 0 Å². The van der Waals surface area contributed by atoms with Crippen LogP contribution < -0.4 is 4.74 Å². The van der Waals surface area contributed by atoms with Crippen LogP contribution in [0.25, 0.3) is 22.2 Å². The Kier molecular flexibility index (Phi) is 2.76. The van der Waals surface area contributed by atoms with E-state index < -0.39 is 0 Å². The first kappa shape index (κ1) is 11.5. The lowest BCUT2D eigenvalue weighted by Crippen LogP contribution is -1.93. The van der Waals surface area contributed by atoms with E-state index >= 15 is 0 Å². The van der Waals surface area contributed by atoms with Crippen molar-refractivity contribution < 1.29 is 13.9 Å². The van der Waals surface area contributed by atoms with Crippen LogP contribution in [0.1, 0.15) is 10.4 Å². The molecule has 0 unspecified atom stereocenters. The molecule has 0 atom stereocenters. The third-order valence-electron chi connectivity index (χ3n) is 3.02. The van der Waals surface area contributed by atoms with Gasteiger partial charge in [0.1, 0.15) is 11.3 Å². The number of carbonyl (C=O) groups is 1. The molecule has 4 nitrogen and oxygen atoms in total. The highest BCUT2D eigenvalue weighted by atomic mass is 16.5. The Hall–Kier alpha value is -2.62. The molecule has 0 aliphatic heterocycles. The van der Waals surface area contributed by atoms with E-state index in [4.69, 9.17) is 9.15 Å². The van der Waals surface area contributed by atoms with Gasteiger partial charge in [0.05, 0.1) is 7.11 Å². The first-order valence-electron chi connectivity index (χ1n) is 5.79. The number of hydrogen-bond donors (Lipinski definition) is 0. The zero-order chi connectivity index (χ0) is 13.2. The van der Waals surface area contributed by atoms with Gasteiger partial charge in [-0.05, 0) is 23.8 Å². The van der Waals surface area contributed by atoms with Crippen molar-refractivity contribution in [2.24, 2.45) is 0 Å². The minimum Gasteiger partial charge on any atom is -0.496 e. The van der Waals surface area contributed by atoms with Gasteiger partial charge in [0, 0.05) is 11.1 Å². The normalized spacial score (nSPS) is 10.6. The van der Waals surface area contributed by atoms with Crippen molar-refractivity contribution in [1.29, 1.82) is 0 Å². The molecular weight excluding hydrogens is 242 g/mol. The highest BCUT2D eigenvalue weighted by Crippen LogP contribution is 2.34. The summed E-state index contributed by atoms with van der Waals surface area (Å²) in [5.74, 6) is 0.660. The van der Waals surface area contributed by atoms with Crippen molar-refractivity contribution in [3.63, 3.8) is 0 Å². The summed E-state index contributed by atoms with van der Waals surface area (Å²) in [5.41, 5.74) is 3.69. The quantitative estimate of drug-likeness (QED) is 0.672. The fourth-order valence-electron chi connectivity index (χ4n) is 2.14.